The minimum atomic E-state index is 0.359. The number of benzene rings is 1. The molecule has 0 amide bonds. The Bertz CT molecular complexity index is 525. The van der Waals surface area contributed by atoms with Crippen LogP contribution < -0.4 is 14.8 Å². The average molecular weight is 293 g/mol. The summed E-state index contributed by atoms with van der Waals surface area (Å²) in [6.07, 6.45) is 0. The SMILES string of the molecule is COc1ccc(OCCNc2nc(C(C)C)ns2)cc1. The molecule has 0 aliphatic rings. The van der Waals surface area contributed by atoms with E-state index in [1.165, 1.54) is 11.5 Å². The summed E-state index contributed by atoms with van der Waals surface area (Å²) in [6.45, 7) is 5.43. The Kier molecular flexibility index (Phi) is 5.17. The van der Waals surface area contributed by atoms with Crippen molar-refractivity contribution in [3.8, 4) is 11.5 Å². The highest BCUT2D eigenvalue weighted by atomic mass is 32.1. The molecule has 2 rings (SSSR count). The Balaban J connectivity index is 1.72. The Morgan fingerprint density at radius 1 is 1.20 bits per heavy atom. The van der Waals surface area contributed by atoms with Gasteiger partial charge in [-0.2, -0.15) is 4.37 Å². The van der Waals surface area contributed by atoms with Gasteiger partial charge in [0.15, 0.2) is 0 Å². The molecule has 1 aromatic carbocycles. The molecular formula is C14H19N3O2S. The Morgan fingerprint density at radius 2 is 1.90 bits per heavy atom. The molecule has 0 atom stereocenters. The van der Waals surface area contributed by atoms with Gasteiger partial charge in [0.05, 0.1) is 13.7 Å². The molecule has 0 fully saturated rings. The van der Waals surface area contributed by atoms with E-state index in [4.69, 9.17) is 9.47 Å². The topological polar surface area (TPSA) is 56.3 Å². The van der Waals surface area contributed by atoms with E-state index in [9.17, 15) is 0 Å². The Labute approximate surface area is 123 Å². The first kappa shape index (κ1) is 14.6. The maximum absolute atomic E-state index is 5.62. The van der Waals surface area contributed by atoms with E-state index in [-0.39, 0.29) is 0 Å². The molecule has 20 heavy (non-hydrogen) atoms. The first-order chi connectivity index (χ1) is 9.69. The lowest BCUT2D eigenvalue weighted by Gasteiger charge is -2.07. The summed E-state index contributed by atoms with van der Waals surface area (Å²) < 4.78 is 15.0. The highest BCUT2D eigenvalue weighted by Gasteiger charge is 2.06. The molecule has 0 radical (unpaired) electrons. The molecule has 1 aromatic heterocycles. The van der Waals surface area contributed by atoms with Crippen LogP contribution in [0.5, 0.6) is 11.5 Å². The van der Waals surface area contributed by atoms with Crippen molar-refractivity contribution in [2.45, 2.75) is 19.8 Å². The second-order valence-electron chi connectivity index (χ2n) is 4.56. The molecular weight excluding hydrogens is 274 g/mol. The summed E-state index contributed by atoms with van der Waals surface area (Å²) in [6, 6.07) is 7.53. The lowest BCUT2D eigenvalue weighted by atomic mass is 10.2. The van der Waals surface area contributed by atoms with Gasteiger partial charge < -0.3 is 14.8 Å². The number of hydrogen-bond donors (Lipinski definition) is 1. The maximum atomic E-state index is 5.62. The van der Waals surface area contributed by atoms with Crippen molar-refractivity contribution in [1.29, 1.82) is 0 Å². The number of ether oxygens (including phenoxy) is 2. The van der Waals surface area contributed by atoms with Gasteiger partial charge in [0, 0.05) is 17.5 Å². The summed E-state index contributed by atoms with van der Waals surface area (Å²) in [5.74, 6) is 2.89. The lowest BCUT2D eigenvalue weighted by Crippen LogP contribution is -2.11. The fourth-order valence-electron chi connectivity index (χ4n) is 1.54. The highest BCUT2D eigenvalue weighted by molar-refractivity contribution is 7.09. The van der Waals surface area contributed by atoms with Crippen molar-refractivity contribution < 1.29 is 9.47 Å². The van der Waals surface area contributed by atoms with Gasteiger partial charge in [0.2, 0.25) is 5.13 Å². The van der Waals surface area contributed by atoms with Gasteiger partial charge in [0.25, 0.3) is 0 Å². The van der Waals surface area contributed by atoms with E-state index in [0.29, 0.717) is 19.1 Å². The number of anilines is 1. The number of aromatic nitrogens is 2. The summed E-state index contributed by atoms with van der Waals surface area (Å²) in [5.41, 5.74) is 0. The molecule has 108 valence electrons. The number of hydrogen-bond acceptors (Lipinski definition) is 6. The fourth-order valence-corrected chi connectivity index (χ4v) is 2.27. The van der Waals surface area contributed by atoms with E-state index in [1.807, 2.05) is 24.3 Å². The van der Waals surface area contributed by atoms with Crippen LogP contribution in [0.2, 0.25) is 0 Å². The minimum absolute atomic E-state index is 0.359. The molecule has 1 N–H and O–H groups in total. The van der Waals surface area contributed by atoms with Crippen molar-refractivity contribution in [2.75, 3.05) is 25.6 Å². The summed E-state index contributed by atoms with van der Waals surface area (Å²) in [7, 11) is 1.65. The van der Waals surface area contributed by atoms with Gasteiger partial charge >= 0.3 is 0 Å². The quantitative estimate of drug-likeness (QED) is 0.795. The molecule has 0 bridgehead atoms. The summed E-state index contributed by atoms with van der Waals surface area (Å²) in [5, 5.41) is 4.05. The van der Waals surface area contributed by atoms with Crippen LogP contribution in [-0.2, 0) is 0 Å². The molecule has 0 aliphatic heterocycles. The molecule has 0 spiro atoms. The highest BCUT2D eigenvalue weighted by Crippen LogP contribution is 2.18. The van der Waals surface area contributed by atoms with Crippen LogP contribution in [-0.4, -0.2) is 29.6 Å². The summed E-state index contributed by atoms with van der Waals surface area (Å²) >= 11 is 1.38. The largest absolute Gasteiger partial charge is 0.497 e. The molecule has 0 aliphatic carbocycles. The molecule has 0 unspecified atom stereocenters. The minimum Gasteiger partial charge on any atom is -0.497 e. The number of nitrogens with zero attached hydrogens (tertiary/aromatic N) is 2. The van der Waals surface area contributed by atoms with Crippen LogP contribution in [0.4, 0.5) is 5.13 Å². The van der Waals surface area contributed by atoms with E-state index < -0.39 is 0 Å². The second-order valence-corrected chi connectivity index (χ2v) is 5.32. The van der Waals surface area contributed by atoms with Gasteiger partial charge in [-0.1, -0.05) is 13.8 Å². The van der Waals surface area contributed by atoms with Crippen LogP contribution in [0.3, 0.4) is 0 Å². The molecule has 0 saturated heterocycles. The van der Waals surface area contributed by atoms with Crippen molar-refractivity contribution in [3.05, 3.63) is 30.1 Å². The van der Waals surface area contributed by atoms with Crippen molar-refractivity contribution in [2.24, 2.45) is 0 Å². The fraction of sp³-hybridized carbons (Fsp3) is 0.429. The van der Waals surface area contributed by atoms with Crippen LogP contribution in [0.25, 0.3) is 0 Å². The molecule has 0 saturated carbocycles. The molecule has 6 heteroatoms. The van der Waals surface area contributed by atoms with E-state index in [0.717, 1.165) is 22.5 Å². The number of methoxy groups -OCH3 is 1. The van der Waals surface area contributed by atoms with Crippen LogP contribution in [0.15, 0.2) is 24.3 Å². The van der Waals surface area contributed by atoms with Crippen LogP contribution in [0, 0.1) is 0 Å². The van der Waals surface area contributed by atoms with Gasteiger partial charge in [-0.05, 0) is 24.3 Å². The smallest absolute Gasteiger partial charge is 0.202 e. The standard InChI is InChI=1S/C14H19N3O2S/c1-10(2)13-16-14(20-17-13)15-8-9-19-12-6-4-11(18-3)5-7-12/h4-7,10H,8-9H2,1-3H3,(H,15,16,17). The van der Waals surface area contributed by atoms with Crippen LogP contribution in [0.1, 0.15) is 25.6 Å². The third-order valence-electron chi connectivity index (χ3n) is 2.66. The van der Waals surface area contributed by atoms with Crippen molar-refractivity contribution in [3.63, 3.8) is 0 Å². The molecule has 2 aromatic rings. The zero-order chi connectivity index (χ0) is 14.4. The Morgan fingerprint density at radius 3 is 2.50 bits per heavy atom. The van der Waals surface area contributed by atoms with Crippen molar-refractivity contribution >= 4 is 16.7 Å². The van der Waals surface area contributed by atoms with Gasteiger partial charge in [0.1, 0.15) is 23.9 Å². The number of rotatable bonds is 7. The maximum Gasteiger partial charge on any atom is 0.202 e. The second kappa shape index (κ2) is 7.09. The average Bonchev–Trinajstić information content (AvgIpc) is 2.93. The van der Waals surface area contributed by atoms with Crippen molar-refractivity contribution in [1.82, 2.24) is 9.36 Å². The normalized spacial score (nSPS) is 10.6. The zero-order valence-corrected chi connectivity index (χ0v) is 12.7. The monoisotopic (exact) mass is 293 g/mol. The van der Waals surface area contributed by atoms with Gasteiger partial charge in [-0.15, -0.1) is 0 Å². The van der Waals surface area contributed by atoms with E-state index in [1.54, 1.807) is 7.11 Å². The number of nitrogens with one attached hydrogen (secondary N) is 1. The lowest BCUT2D eigenvalue weighted by molar-refractivity contribution is 0.331. The first-order valence-corrected chi connectivity index (χ1v) is 7.30. The Hall–Kier alpha value is -1.82. The zero-order valence-electron chi connectivity index (χ0n) is 11.9. The third kappa shape index (κ3) is 4.09. The molecule has 5 nitrogen and oxygen atoms in total. The first-order valence-electron chi connectivity index (χ1n) is 6.53. The van der Waals surface area contributed by atoms with E-state index >= 15 is 0 Å². The molecule has 1 heterocycles. The predicted molar refractivity (Wildman–Crippen MR) is 81.0 cm³/mol. The third-order valence-corrected chi connectivity index (χ3v) is 3.35. The van der Waals surface area contributed by atoms with Crippen LogP contribution >= 0.6 is 11.5 Å². The van der Waals surface area contributed by atoms with Gasteiger partial charge in [-0.25, -0.2) is 4.98 Å². The predicted octanol–water partition coefficient (Wildman–Crippen LogP) is 3.16. The summed E-state index contributed by atoms with van der Waals surface area (Å²) in [4.78, 5) is 4.40. The van der Waals surface area contributed by atoms with Gasteiger partial charge in [-0.3, -0.25) is 0 Å². The van der Waals surface area contributed by atoms with E-state index in [2.05, 4.69) is 28.5 Å².